The highest BCUT2D eigenvalue weighted by Gasteiger charge is 2.32. The van der Waals surface area contributed by atoms with Crippen LogP contribution in [-0.4, -0.2) is 64.1 Å². The molecule has 1 aliphatic carbocycles. The number of ether oxygens (including phenoxy) is 2. The molecule has 1 unspecified atom stereocenters. The van der Waals surface area contributed by atoms with Gasteiger partial charge in [0.2, 0.25) is 5.88 Å². The van der Waals surface area contributed by atoms with Gasteiger partial charge in [0.15, 0.2) is 0 Å². The number of likely N-dealkylation sites (N-methyl/N-ethyl adjacent to an activating group) is 1. The lowest BCUT2D eigenvalue weighted by molar-refractivity contribution is 0.0443. The number of hydrogen-bond acceptors (Lipinski definition) is 6. The maximum Gasteiger partial charge on any atom is 0.213 e. The molecule has 0 radical (unpaired) electrons. The van der Waals surface area contributed by atoms with E-state index in [1.165, 1.54) is 5.56 Å². The number of halogens is 1. The zero-order chi connectivity index (χ0) is 23.5. The Kier molecular flexibility index (Phi) is 7.13. The van der Waals surface area contributed by atoms with Crippen LogP contribution in [0.15, 0.2) is 42.6 Å². The summed E-state index contributed by atoms with van der Waals surface area (Å²) in [5.41, 5.74) is 2.32. The average Bonchev–Trinajstić information content (AvgIpc) is 3.16. The molecule has 0 N–H and O–H groups in total. The first kappa shape index (κ1) is 23.3. The maximum atomic E-state index is 6.39. The van der Waals surface area contributed by atoms with Crippen LogP contribution in [-0.2, 0) is 17.6 Å². The molecule has 2 aliphatic rings. The van der Waals surface area contributed by atoms with E-state index in [-0.39, 0.29) is 12.2 Å². The summed E-state index contributed by atoms with van der Waals surface area (Å²) in [6.45, 7) is 1.58. The van der Waals surface area contributed by atoms with Gasteiger partial charge in [0, 0.05) is 42.6 Å². The molecule has 1 atom stereocenters. The number of pyridine rings is 1. The van der Waals surface area contributed by atoms with Crippen molar-refractivity contribution in [1.82, 2.24) is 24.6 Å². The number of fused-ring (bicyclic) bond motifs is 3. The molecule has 0 amide bonds. The van der Waals surface area contributed by atoms with Crippen LogP contribution >= 0.6 is 11.6 Å². The minimum absolute atomic E-state index is 0.0537. The fourth-order valence-corrected chi connectivity index (χ4v) is 5.19. The van der Waals surface area contributed by atoms with Gasteiger partial charge in [-0.2, -0.15) is 0 Å². The molecule has 2 aromatic heterocycles. The second kappa shape index (κ2) is 10.4. The molecule has 1 fully saturated rings. The number of benzene rings is 1. The van der Waals surface area contributed by atoms with E-state index in [1.54, 1.807) is 6.20 Å². The summed E-state index contributed by atoms with van der Waals surface area (Å²) < 4.78 is 14.6. The first-order valence-electron chi connectivity index (χ1n) is 12.1. The van der Waals surface area contributed by atoms with E-state index >= 15 is 0 Å². The van der Waals surface area contributed by atoms with Crippen LogP contribution < -0.4 is 4.74 Å². The quantitative estimate of drug-likeness (QED) is 0.496. The monoisotopic (exact) mass is 481 g/mol. The highest BCUT2D eigenvalue weighted by molar-refractivity contribution is 6.30. The third kappa shape index (κ3) is 5.27. The largest absolute Gasteiger partial charge is 0.474 e. The van der Waals surface area contributed by atoms with E-state index < -0.39 is 0 Å². The van der Waals surface area contributed by atoms with Gasteiger partial charge < -0.3 is 14.4 Å². The Balaban J connectivity index is 1.35. The van der Waals surface area contributed by atoms with Gasteiger partial charge >= 0.3 is 0 Å². The summed E-state index contributed by atoms with van der Waals surface area (Å²) in [5.74, 6) is 3.06. The Morgan fingerprint density at radius 3 is 2.65 bits per heavy atom. The minimum atomic E-state index is 0.0537. The molecular formula is C26H32ClN5O2. The predicted octanol–water partition coefficient (Wildman–Crippen LogP) is 4.47. The van der Waals surface area contributed by atoms with Crippen molar-refractivity contribution < 1.29 is 9.47 Å². The third-order valence-electron chi connectivity index (χ3n) is 6.75. The SMILES string of the molecule is CN(C)CCOC1Cc2cc(Cl)ccc2-n2c(nnc2C2CCC(Oc3ccccn3)CC2)C1. The lowest BCUT2D eigenvalue weighted by Crippen LogP contribution is -2.25. The van der Waals surface area contributed by atoms with Crippen LogP contribution in [0.2, 0.25) is 5.02 Å². The van der Waals surface area contributed by atoms with Crippen molar-refractivity contribution in [3.05, 3.63) is 64.8 Å². The summed E-state index contributed by atoms with van der Waals surface area (Å²) in [5, 5.41) is 10.1. The Bertz CT molecular complexity index is 1100. The van der Waals surface area contributed by atoms with Crippen molar-refractivity contribution in [2.24, 2.45) is 0 Å². The van der Waals surface area contributed by atoms with Crippen LogP contribution in [0.1, 0.15) is 48.8 Å². The van der Waals surface area contributed by atoms with E-state index in [0.717, 1.165) is 67.4 Å². The summed E-state index contributed by atoms with van der Waals surface area (Å²) in [6.07, 6.45) is 7.56. The standard InChI is InChI=1S/C26H32ClN5O2/c1-31(2)13-14-33-22-16-19-15-20(27)8-11-23(19)32-24(17-22)29-30-26(32)18-6-9-21(10-7-18)34-25-5-3-4-12-28-25/h3-5,8,11-12,15,18,21-22H,6-7,9-10,13-14,16-17H2,1-2H3. The van der Waals surface area contributed by atoms with Gasteiger partial charge in [0.25, 0.3) is 0 Å². The first-order chi connectivity index (χ1) is 16.6. The number of aromatic nitrogens is 4. The summed E-state index contributed by atoms with van der Waals surface area (Å²) >= 11 is 6.39. The number of rotatable bonds is 7. The molecule has 3 heterocycles. The minimum Gasteiger partial charge on any atom is -0.474 e. The molecule has 7 nitrogen and oxygen atoms in total. The van der Waals surface area contributed by atoms with Crippen molar-refractivity contribution in [1.29, 1.82) is 0 Å². The molecule has 5 rings (SSSR count). The summed E-state index contributed by atoms with van der Waals surface area (Å²) in [7, 11) is 4.12. The van der Waals surface area contributed by atoms with Gasteiger partial charge in [0.05, 0.1) is 18.4 Å². The fraction of sp³-hybridized carbons (Fsp3) is 0.500. The van der Waals surface area contributed by atoms with Gasteiger partial charge in [-0.15, -0.1) is 10.2 Å². The van der Waals surface area contributed by atoms with Crippen LogP contribution in [0.25, 0.3) is 5.69 Å². The van der Waals surface area contributed by atoms with Gasteiger partial charge in [-0.25, -0.2) is 4.98 Å². The zero-order valence-corrected chi connectivity index (χ0v) is 20.6. The maximum absolute atomic E-state index is 6.39. The van der Waals surface area contributed by atoms with E-state index in [1.807, 2.05) is 24.3 Å². The van der Waals surface area contributed by atoms with Gasteiger partial charge in [-0.3, -0.25) is 4.57 Å². The topological polar surface area (TPSA) is 65.3 Å². The second-order valence-electron chi connectivity index (χ2n) is 9.55. The average molecular weight is 482 g/mol. The molecule has 1 aliphatic heterocycles. The van der Waals surface area contributed by atoms with Crippen LogP contribution in [0.5, 0.6) is 5.88 Å². The van der Waals surface area contributed by atoms with Crippen molar-refractivity contribution in [2.75, 3.05) is 27.2 Å². The molecule has 3 aromatic rings. The highest BCUT2D eigenvalue weighted by Crippen LogP contribution is 2.37. The zero-order valence-electron chi connectivity index (χ0n) is 19.9. The van der Waals surface area contributed by atoms with E-state index in [0.29, 0.717) is 18.4 Å². The molecule has 0 spiro atoms. The predicted molar refractivity (Wildman–Crippen MR) is 132 cm³/mol. The Hall–Kier alpha value is -2.48. The first-order valence-corrected chi connectivity index (χ1v) is 12.5. The number of hydrogen-bond donors (Lipinski definition) is 0. The Labute approximate surface area is 206 Å². The normalized spacial score (nSPS) is 22.2. The van der Waals surface area contributed by atoms with Gasteiger partial charge in [0.1, 0.15) is 17.8 Å². The molecule has 180 valence electrons. The van der Waals surface area contributed by atoms with Crippen molar-refractivity contribution >= 4 is 11.6 Å². The summed E-state index contributed by atoms with van der Waals surface area (Å²) in [6, 6.07) is 11.9. The molecule has 0 bridgehead atoms. The van der Waals surface area contributed by atoms with Crippen molar-refractivity contribution in [3.63, 3.8) is 0 Å². The van der Waals surface area contributed by atoms with Gasteiger partial charge in [-0.1, -0.05) is 17.7 Å². The van der Waals surface area contributed by atoms with Crippen LogP contribution in [0.4, 0.5) is 0 Å². The second-order valence-corrected chi connectivity index (χ2v) is 9.98. The Morgan fingerprint density at radius 2 is 1.88 bits per heavy atom. The molecule has 34 heavy (non-hydrogen) atoms. The lowest BCUT2D eigenvalue weighted by Gasteiger charge is -2.28. The van der Waals surface area contributed by atoms with Crippen LogP contribution in [0, 0.1) is 0 Å². The number of nitrogens with zero attached hydrogens (tertiary/aromatic N) is 5. The smallest absolute Gasteiger partial charge is 0.213 e. The lowest BCUT2D eigenvalue weighted by atomic mass is 9.86. The van der Waals surface area contributed by atoms with Crippen LogP contribution in [0.3, 0.4) is 0 Å². The van der Waals surface area contributed by atoms with E-state index in [2.05, 4.69) is 45.8 Å². The Morgan fingerprint density at radius 1 is 1.03 bits per heavy atom. The molecule has 1 saturated carbocycles. The van der Waals surface area contributed by atoms with Crippen molar-refractivity contribution in [3.8, 4) is 11.6 Å². The molecular weight excluding hydrogens is 450 g/mol. The molecule has 1 aromatic carbocycles. The van der Waals surface area contributed by atoms with Crippen molar-refractivity contribution in [2.45, 2.75) is 56.7 Å². The fourth-order valence-electron chi connectivity index (χ4n) is 4.99. The molecule has 0 saturated heterocycles. The van der Waals surface area contributed by atoms with Gasteiger partial charge in [-0.05, 0) is 69.6 Å². The van der Waals surface area contributed by atoms with E-state index in [4.69, 9.17) is 26.2 Å². The summed E-state index contributed by atoms with van der Waals surface area (Å²) in [4.78, 5) is 6.44. The van der Waals surface area contributed by atoms with E-state index in [9.17, 15) is 0 Å². The highest BCUT2D eigenvalue weighted by atomic mass is 35.5. The molecule has 8 heteroatoms. The third-order valence-corrected chi connectivity index (χ3v) is 6.99.